The van der Waals surface area contributed by atoms with Crippen LogP contribution in [0.2, 0.25) is 0 Å². The van der Waals surface area contributed by atoms with E-state index in [9.17, 15) is 9.59 Å². The first-order valence-electron chi connectivity index (χ1n) is 10.1. The molecule has 1 fully saturated rings. The first kappa shape index (κ1) is 20.5. The Morgan fingerprint density at radius 1 is 0.964 bits per heavy atom. The van der Waals surface area contributed by atoms with Gasteiger partial charge in [-0.1, -0.05) is 50.5 Å². The van der Waals surface area contributed by atoms with Crippen molar-refractivity contribution in [3.63, 3.8) is 0 Å². The minimum atomic E-state index is -0.190. The predicted octanol–water partition coefficient (Wildman–Crippen LogP) is 5.71. The third kappa shape index (κ3) is 5.86. The summed E-state index contributed by atoms with van der Waals surface area (Å²) >= 11 is 1.53. The summed E-state index contributed by atoms with van der Waals surface area (Å²) in [6.07, 6.45) is 6.21. The van der Waals surface area contributed by atoms with Crippen LogP contribution in [0.15, 0.2) is 59.5 Å². The zero-order chi connectivity index (χ0) is 19.8. The number of benzene rings is 2. The Morgan fingerprint density at radius 2 is 1.68 bits per heavy atom. The Morgan fingerprint density at radius 3 is 2.39 bits per heavy atom. The molecule has 1 saturated carbocycles. The lowest BCUT2D eigenvalue weighted by Gasteiger charge is -2.21. The molecular formula is C23H28N2O2S. The molecule has 3 rings (SSSR count). The van der Waals surface area contributed by atoms with Gasteiger partial charge in [0.1, 0.15) is 0 Å². The zero-order valence-electron chi connectivity index (χ0n) is 16.3. The maximum atomic E-state index is 12.6. The fraction of sp³-hybridized carbons (Fsp3) is 0.391. The maximum Gasteiger partial charge on any atom is 0.237 e. The Labute approximate surface area is 171 Å². The van der Waals surface area contributed by atoms with Crippen molar-refractivity contribution in [1.29, 1.82) is 0 Å². The van der Waals surface area contributed by atoms with E-state index in [1.54, 1.807) is 0 Å². The fourth-order valence-corrected chi connectivity index (χ4v) is 4.50. The highest BCUT2D eigenvalue weighted by Crippen LogP contribution is 2.30. The maximum absolute atomic E-state index is 12.6. The average Bonchev–Trinajstić information content (AvgIpc) is 2.73. The van der Waals surface area contributed by atoms with Gasteiger partial charge in [0, 0.05) is 22.2 Å². The lowest BCUT2D eigenvalue weighted by atomic mass is 9.88. The third-order valence-corrected chi connectivity index (χ3v) is 6.42. The third-order valence-electron chi connectivity index (χ3n) is 5.06. The predicted molar refractivity (Wildman–Crippen MR) is 117 cm³/mol. The summed E-state index contributed by atoms with van der Waals surface area (Å²) < 4.78 is 0. The normalized spacial score (nSPS) is 15.6. The molecule has 0 aromatic heterocycles. The SMILES string of the molecule is CCC(Sc1cccc(NC(=O)C2CCCCC2)c1)C(=O)Nc1ccccc1. The molecule has 1 atom stereocenters. The van der Waals surface area contributed by atoms with Crippen LogP contribution < -0.4 is 10.6 Å². The van der Waals surface area contributed by atoms with Crippen molar-refractivity contribution < 1.29 is 9.59 Å². The number of hydrogen-bond acceptors (Lipinski definition) is 3. The number of thioether (sulfide) groups is 1. The van der Waals surface area contributed by atoms with Gasteiger partial charge in [0.2, 0.25) is 11.8 Å². The van der Waals surface area contributed by atoms with E-state index in [0.717, 1.165) is 48.4 Å². The molecule has 2 aromatic carbocycles. The van der Waals surface area contributed by atoms with Crippen molar-refractivity contribution in [3.05, 3.63) is 54.6 Å². The van der Waals surface area contributed by atoms with E-state index in [0.29, 0.717) is 0 Å². The van der Waals surface area contributed by atoms with Crippen LogP contribution in [-0.2, 0) is 9.59 Å². The molecule has 1 aliphatic rings. The molecule has 1 aliphatic carbocycles. The number of carbonyl (C=O) groups is 2. The molecule has 2 N–H and O–H groups in total. The van der Waals surface area contributed by atoms with E-state index >= 15 is 0 Å². The van der Waals surface area contributed by atoms with Gasteiger partial charge in [-0.25, -0.2) is 0 Å². The van der Waals surface area contributed by atoms with Gasteiger partial charge in [-0.05, 0) is 49.6 Å². The quantitative estimate of drug-likeness (QED) is 0.589. The minimum Gasteiger partial charge on any atom is -0.326 e. The number of nitrogens with one attached hydrogen (secondary N) is 2. The number of anilines is 2. The number of amides is 2. The van der Waals surface area contributed by atoms with Crippen LogP contribution in [-0.4, -0.2) is 17.1 Å². The van der Waals surface area contributed by atoms with Crippen LogP contribution in [0, 0.1) is 5.92 Å². The molecule has 2 amide bonds. The molecule has 0 aliphatic heterocycles. The Hall–Kier alpha value is -2.27. The molecule has 148 valence electrons. The summed E-state index contributed by atoms with van der Waals surface area (Å²) in [4.78, 5) is 26.1. The van der Waals surface area contributed by atoms with Crippen molar-refractivity contribution in [2.45, 2.75) is 55.6 Å². The van der Waals surface area contributed by atoms with Crippen molar-refractivity contribution in [3.8, 4) is 0 Å². The van der Waals surface area contributed by atoms with Crippen LogP contribution in [0.5, 0.6) is 0 Å². The van der Waals surface area contributed by atoms with Crippen molar-refractivity contribution in [1.82, 2.24) is 0 Å². The van der Waals surface area contributed by atoms with Crippen molar-refractivity contribution in [2.24, 2.45) is 5.92 Å². The van der Waals surface area contributed by atoms with E-state index in [2.05, 4.69) is 10.6 Å². The molecule has 0 radical (unpaired) electrons. The monoisotopic (exact) mass is 396 g/mol. The van der Waals surface area contributed by atoms with Crippen LogP contribution >= 0.6 is 11.8 Å². The Kier molecular flexibility index (Phi) is 7.54. The summed E-state index contributed by atoms with van der Waals surface area (Å²) in [6, 6.07) is 17.3. The highest BCUT2D eigenvalue weighted by Gasteiger charge is 2.22. The highest BCUT2D eigenvalue weighted by atomic mass is 32.2. The topological polar surface area (TPSA) is 58.2 Å². The van der Waals surface area contributed by atoms with Crippen LogP contribution in [0.3, 0.4) is 0 Å². The number of hydrogen-bond donors (Lipinski definition) is 2. The van der Waals surface area contributed by atoms with E-state index in [-0.39, 0.29) is 23.0 Å². The van der Waals surface area contributed by atoms with Gasteiger partial charge in [0.25, 0.3) is 0 Å². The summed E-state index contributed by atoms with van der Waals surface area (Å²) in [5.74, 6) is 0.246. The fourth-order valence-electron chi connectivity index (χ4n) is 3.49. The van der Waals surface area contributed by atoms with E-state index < -0.39 is 0 Å². The molecule has 4 nitrogen and oxygen atoms in total. The van der Waals surface area contributed by atoms with Gasteiger partial charge in [0.15, 0.2) is 0 Å². The van der Waals surface area contributed by atoms with Crippen LogP contribution in [0.25, 0.3) is 0 Å². The Bertz CT molecular complexity index is 788. The summed E-state index contributed by atoms with van der Waals surface area (Å²) in [6.45, 7) is 2.01. The van der Waals surface area contributed by atoms with Gasteiger partial charge < -0.3 is 10.6 Å². The van der Waals surface area contributed by atoms with Crippen molar-refractivity contribution in [2.75, 3.05) is 10.6 Å². The molecule has 0 heterocycles. The number of para-hydroxylation sites is 1. The summed E-state index contributed by atoms with van der Waals surface area (Å²) in [5.41, 5.74) is 1.61. The number of carbonyl (C=O) groups excluding carboxylic acids is 2. The van der Waals surface area contributed by atoms with E-state index in [1.807, 2.05) is 61.5 Å². The molecular weight excluding hydrogens is 368 g/mol. The van der Waals surface area contributed by atoms with Crippen LogP contribution in [0.4, 0.5) is 11.4 Å². The molecule has 0 bridgehead atoms. The second-order valence-corrected chi connectivity index (χ2v) is 8.50. The first-order valence-corrected chi connectivity index (χ1v) is 11.0. The molecule has 28 heavy (non-hydrogen) atoms. The summed E-state index contributed by atoms with van der Waals surface area (Å²) in [7, 11) is 0. The first-order chi connectivity index (χ1) is 13.7. The van der Waals surface area contributed by atoms with Crippen molar-refractivity contribution >= 4 is 35.0 Å². The molecule has 0 saturated heterocycles. The van der Waals surface area contributed by atoms with Gasteiger partial charge in [0.05, 0.1) is 5.25 Å². The Balaban J connectivity index is 1.60. The lowest BCUT2D eigenvalue weighted by molar-refractivity contribution is -0.120. The average molecular weight is 397 g/mol. The van der Waals surface area contributed by atoms with E-state index in [1.165, 1.54) is 18.2 Å². The van der Waals surface area contributed by atoms with Gasteiger partial charge in [-0.3, -0.25) is 9.59 Å². The largest absolute Gasteiger partial charge is 0.326 e. The van der Waals surface area contributed by atoms with Gasteiger partial charge >= 0.3 is 0 Å². The molecule has 0 spiro atoms. The second kappa shape index (κ2) is 10.3. The second-order valence-electron chi connectivity index (χ2n) is 7.22. The minimum absolute atomic E-state index is 0.00431. The zero-order valence-corrected chi connectivity index (χ0v) is 17.1. The highest BCUT2D eigenvalue weighted by molar-refractivity contribution is 8.00. The molecule has 5 heteroatoms. The van der Waals surface area contributed by atoms with Gasteiger partial charge in [-0.2, -0.15) is 0 Å². The standard InChI is InChI=1S/C23H28N2O2S/c1-2-21(23(27)24-18-12-7-4-8-13-18)28-20-15-9-14-19(16-20)25-22(26)17-10-5-3-6-11-17/h4,7-9,12-17,21H,2-3,5-6,10-11H2,1H3,(H,24,27)(H,25,26). The molecule has 1 unspecified atom stereocenters. The van der Waals surface area contributed by atoms with E-state index in [4.69, 9.17) is 0 Å². The molecule has 2 aromatic rings. The number of rotatable bonds is 7. The van der Waals surface area contributed by atoms with Crippen LogP contribution in [0.1, 0.15) is 45.4 Å². The van der Waals surface area contributed by atoms with Gasteiger partial charge in [-0.15, -0.1) is 11.8 Å². The smallest absolute Gasteiger partial charge is 0.237 e. The lowest BCUT2D eigenvalue weighted by Crippen LogP contribution is -2.25. The summed E-state index contributed by atoms with van der Waals surface area (Å²) in [5, 5.41) is 5.84.